The summed E-state index contributed by atoms with van der Waals surface area (Å²) in [6.45, 7) is 8.64. The Bertz CT molecular complexity index is 1220. The number of pyridine rings is 1. The highest BCUT2D eigenvalue weighted by molar-refractivity contribution is 5.87. The third-order valence-electron chi connectivity index (χ3n) is 7.11. The van der Waals surface area contributed by atoms with Gasteiger partial charge in [0.15, 0.2) is 0 Å². The van der Waals surface area contributed by atoms with E-state index in [1.165, 1.54) is 11.1 Å². The lowest BCUT2D eigenvalue weighted by atomic mass is 10.0. The van der Waals surface area contributed by atoms with Crippen molar-refractivity contribution in [2.45, 2.75) is 46.7 Å². The number of likely N-dealkylation sites (N-methyl/N-ethyl adjacent to an activating group) is 1. The van der Waals surface area contributed by atoms with E-state index in [-0.39, 0.29) is 24.9 Å². The highest BCUT2D eigenvalue weighted by Crippen LogP contribution is 2.28. The molecule has 38 heavy (non-hydrogen) atoms. The molecule has 0 saturated carbocycles. The SMILES string of the molecule is Cc1ccc(-c2ccncc2)cc1N(CC(=O)NCCCC(C)C)CC(=O)N(C)N1Cc2ccccc2C1. The Morgan fingerprint density at radius 1 is 0.974 bits per heavy atom. The van der Waals surface area contributed by atoms with E-state index in [2.05, 4.69) is 53.4 Å². The molecule has 200 valence electrons. The van der Waals surface area contributed by atoms with Crippen molar-refractivity contribution in [3.05, 3.63) is 83.7 Å². The van der Waals surface area contributed by atoms with Crippen LogP contribution in [-0.4, -0.2) is 53.5 Å². The fourth-order valence-corrected chi connectivity index (χ4v) is 4.82. The molecule has 0 aliphatic carbocycles. The highest BCUT2D eigenvalue weighted by Gasteiger charge is 2.27. The molecular weight excluding hydrogens is 474 g/mol. The van der Waals surface area contributed by atoms with Gasteiger partial charge in [-0.3, -0.25) is 19.6 Å². The van der Waals surface area contributed by atoms with Crippen molar-refractivity contribution in [3.8, 4) is 11.1 Å². The van der Waals surface area contributed by atoms with Crippen LogP contribution in [0.3, 0.4) is 0 Å². The Hall–Kier alpha value is -3.71. The number of nitrogens with one attached hydrogen (secondary N) is 1. The second kappa shape index (κ2) is 12.7. The van der Waals surface area contributed by atoms with Gasteiger partial charge in [0.2, 0.25) is 5.91 Å². The van der Waals surface area contributed by atoms with Gasteiger partial charge in [0.05, 0.1) is 13.1 Å². The number of aryl methyl sites for hydroxylation is 1. The van der Waals surface area contributed by atoms with Crippen LogP contribution in [0, 0.1) is 12.8 Å². The number of hydrogen-bond donors (Lipinski definition) is 1. The van der Waals surface area contributed by atoms with E-state index < -0.39 is 0 Å². The van der Waals surface area contributed by atoms with Crippen LogP contribution >= 0.6 is 0 Å². The minimum absolute atomic E-state index is 0.0564. The number of rotatable bonds is 11. The van der Waals surface area contributed by atoms with Gasteiger partial charge in [-0.1, -0.05) is 50.2 Å². The van der Waals surface area contributed by atoms with Crippen LogP contribution in [0.15, 0.2) is 67.0 Å². The monoisotopic (exact) mass is 513 g/mol. The molecule has 0 atom stereocenters. The minimum atomic E-state index is -0.0773. The van der Waals surface area contributed by atoms with Gasteiger partial charge in [-0.25, -0.2) is 5.01 Å². The average Bonchev–Trinajstić information content (AvgIpc) is 3.35. The van der Waals surface area contributed by atoms with Crippen molar-refractivity contribution in [2.75, 3.05) is 31.6 Å². The zero-order valence-electron chi connectivity index (χ0n) is 23.0. The van der Waals surface area contributed by atoms with Crippen molar-refractivity contribution in [3.63, 3.8) is 0 Å². The van der Waals surface area contributed by atoms with E-state index in [1.807, 2.05) is 49.2 Å². The first-order valence-electron chi connectivity index (χ1n) is 13.4. The number of nitrogens with zero attached hydrogens (tertiary/aromatic N) is 4. The molecule has 0 unspecified atom stereocenters. The molecule has 7 heteroatoms. The molecule has 0 radical (unpaired) electrons. The van der Waals surface area contributed by atoms with Crippen molar-refractivity contribution >= 4 is 17.5 Å². The molecule has 2 heterocycles. The van der Waals surface area contributed by atoms with Crippen LogP contribution in [0.1, 0.15) is 43.4 Å². The number of aromatic nitrogens is 1. The highest BCUT2D eigenvalue weighted by atomic mass is 16.2. The van der Waals surface area contributed by atoms with Gasteiger partial charge in [-0.15, -0.1) is 0 Å². The molecule has 0 fully saturated rings. The molecule has 4 rings (SSSR count). The maximum Gasteiger partial charge on any atom is 0.256 e. The normalized spacial score (nSPS) is 12.9. The molecule has 1 aliphatic heterocycles. The summed E-state index contributed by atoms with van der Waals surface area (Å²) in [6.07, 6.45) is 5.54. The van der Waals surface area contributed by atoms with E-state index in [4.69, 9.17) is 0 Å². The van der Waals surface area contributed by atoms with Gasteiger partial charge in [-0.05, 0) is 71.7 Å². The van der Waals surface area contributed by atoms with Crippen LogP contribution in [0.2, 0.25) is 0 Å². The third-order valence-corrected chi connectivity index (χ3v) is 7.11. The molecule has 0 saturated heterocycles. The predicted octanol–water partition coefficient (Wildman–Crippen LogP) is 4.81. The molecule has 0 spiro atoms. The molecule has 7 nitrogen and oxygen atoms in total. The quantitative estimate of drug-likeness (QED) is 0.373. The Morgan fingerprint density at radius 2 is 1.66 bits per heavy atom. The lowest BCUT2D eigenvalue weighted by Crippen LogP contribution is -2.48. The summed E-state index contributed by atoms with van der Waals surface area (Å²) in [6, 6.07) is 18.4. The van der Waals surface area contributed by atoms with E-state index >= 15 is 0 Å². The fraction of sp³-hybridized carbons (Fsp3) is 0.387. The zero-order valence-corrected chi connectivity index (χ0v) is 23.0. The van der Waals surface area contributed by atoms with Crippen LogP contribution in [-0.2, 0) is 22.7 Å². The summed E-state index contributed by atoms with van der Waals surface area (Å²) in [5.41, 5.74) is 6.43. The number of hydrazine groups is 1. The van der Waals surface area contributed by atoms with Crippen LogP contribution in [0.4, 0.5) is 5.69 Å². The molecule has 2 aromatic carbocycles. The average molecular weight is 514 g/mol. The van der Waals surface area contributed by atoms with Crippen molar-refractivity contribution in [1.82, 2.24) is 20.3 Å². The van der Waals surface area contributed by atoms with E-state index in [1.54, 1.807) is 17.4 Å². The first kappa shape index (κ1) is 27.3. The summed E-state index contributed by atoms with van der Waals surface area (Å²) in [4.78, 5) is 32.6. The van der Waals surface area contributed by atoms with Crippen molar-refractivity contribution in [1.29, 1.82) is 0 Å². The third kappa shape index (κ3) is 6.98. The Morgan fingerprint density at radius 3 is 2.32 bits per heavy atom. The second-order valence-corrected chi connectivity index (χ2v) is 10.5. The van der Waals surface area contributed by atoms with E-state index in [0.717, 1.165) is 35.2 Å². The molecular formula is C31H39N5O2. The lowest BCUT2D eigenvalue weighted by Gasteiger charge is -2.32. The number of hydrogen-bond acceptors (Lipinski definition) is 5. The molecule has 0 bridgehead atoms. The molecule has 1 N–H and O–H groups in total. The number of carbonyl (C=O) groups excluding carboxylic acids is 2. The van der Waals surface area contributed by atoms with Crippen LogP contribution in [0.5, 0.6) is 0 Å². The van der Waals surface area contributed by atoms with Crippen LogP contribution in [0.25, 0.3) is 11.1 Å². The number of anilines is 1. The number of benzene rings is 2. The smallest absolute Gasteiger partial charge is 0.256 e. The summed E-state index contributed by atoms with van der Waals surface area (Å²) in [5, 5.41) is 6.81. The van der Waals surface area contributed by atoms with Gasteiger partial charge in [0.25, 0.3) is 5.91 Å². The standard InChI is InChI=1S/C31H39N5O2/c1-23(2)8-7-15-33-30(37)21-35(29-18-26(12-11-24(29)3)25-13-16-32-17-14-25)22-31(38)34(4)36-19-27-9-5-6-10-28(27)20-36/h5-6,9-14,16-18,23H,7-8,15,19-22H2,1-4H3,(H,33,37). The van der Waals surface area contributed by atoms with Crippen molar-refractivity contribution in [2.24, 2.45) is 5.92 Å². The lowest BCUT2D eigenvalue weighted by molar-refractivity contribution is -0.145. The van der Waals surface area contributed by atoms with Crippen LogP contribution < -0.4 is 10.2 Å². The number of amides is 2. The maximum absolute atomic E-state index is 13.6. The van der Waals surface area contributed by atoms with Gasteiger partial charge in [0.1, 0.15) is 0 Å². The van der Waals surface area contributed by atoms with E-state index in [0.29, 0.717) is 25.6 Å². The molecule has 3 aromatic rings. The number of fused-ring (bicyclic) bond motifs is 1. The molecule has 2 amide bonds. The summed E-state index contributed by atoms with van der Waals surface area (Å²) < 4.78 is 0. The zero-order chi connectivity index (χ0) is 27.1. The Labute approximate surface area is 226 Å². The fourth-order valence-electron chi connectivity index (χ4n) is 4.82. The second-order valence-electron chi connectivity index (χ2n) is 10.5. The van der Waals surface area contributed by atoms with Gasteiger partial charge in [0, 0.05) is 44.8 Å². The maximum atomic E-state index is 13.6. The largest absolute Gasteiger partial charge is 0.355 e. The Balaban J connectivity index is 1.52. The Kier molecular flexibility index (Phi) is 9.13. The van der Waals surface area contributed by atoms with E-state index in [9.17, 15) is 9.59 Å². The molecule has 1 aliphatic rings. The first-order valence-corrected chi connectivity index (χ1v) is 13.4. The summed E-state index contributed by atoms with van der Waals surface area (Å²) in [7, 11) is 1.82. The topological polar surface area (TPSA) is 68.8 Å². The van der Waals surface area contributed by atoms with Gasteiger partial charge < -0.3 is 10.2 Å². The minimum Gasteiger partial charge on any atom is -0.355 e. The summed E-state index contributed by atoms with van der Waals surface area (Å²) >= 11 is 0. The first-order chi connectivity index (χ1) is 18.3. The molecule has 1 aromatic heterocycles. The van der Waals surface area contributed by atoms with Gasteiger partial charge in [-0.2, -0.15) is 0 Å². The predicted molar refractivity (Wildman–Crippen MR) is 152 cm³/mol. The number of carbonyl (C=O) groups is 2. The summed E-state index contributed by atoms with van der Waals surface area (Å²) in [5.74, 6) is 0.470. The van der Waals surface area contributed by atoms with Crippen molar-refractivity contribution < 1.29 is 9.59 Å². The van der Waals surface area contributed by atoms with Gasteiger partial charge >= 0.3 is 0 Å².